The molecule has 1 amide bonds. The van der Waals surface area contributed by atoms with E-state index in [1.165, 1.54) is 5.69 Å². The van der Waals surface area contributed by atoms with Gasteiger partial charge in [0.15, 0.2) is 0 Å². The fourth-order valence-corrected chi connectivity index (χ4v) is 2.81. The summed E-state index contributed by atoms with van der Waals surface area (Å²) in [5.74, 6) is 0.579. The van der Waals surface area contributed by atoms with Crippen LogP contribution in [-0.2, 0) is 4.79 Å². The zero-order valence-electron chi connectivity index (χ0n) is 15.2. The summed E-state index contributed by atoms with van der Waals surface area (Å²) in [5.41, 5.74) is 1.95. The molecule has 0 unspecified atom stereocenters. The SMILES string of the molecule is CC(C)(C)C(=O)Nc1ccc(N2CCN(c3ccccc3)CC2)cn1. The molecule has 0 saturated carbocycles. The molecule has 132 valence electrons. The lowest BCUT2D eigenvalue weighted by molar-refractivity contribution is -0.123. The fraction of sp³-hybridized carbons (Fsp3) is 0.400. The van der Waals surface area contributed by atoms with Crippen LogP contribution in [0.5, 0.6) is 0 Å². The molecular formula is C20H26N4O. The third-order valence-electron chi connectivity index (χ3n) is 4.44. The van der Waals surface area contributed by atoms with Crippen LogP contribution in [0.4, 0.5) is 17.2 Å². The van der Waals surface area contributed by atoms with Gasteiger partial charge >= 0.3 is 0 Å². The van der Waals surface area contributed by atoms with Crippen LogP contribution in [0, 0.1) is 5.41 Å². The summed E-state index contributed by atoms with van der Waals surface area (Å²) in [6.07, 6.45) is 1.84. The summed E-state index contributed by atoms with van der Waals surface area (Å²) in [6, 6.07) is 14.4. The van der Waals surface area contributed by atoms with Crippen molar-refractivity contribution in [2.45, 2.75) is 20.8 Å². The number of piperazine rings is 1. The lowest BCUT2D eigenvalue weighted by Gasteiger charge is -2.37. The number of benzene rings is 1. The van der Waals surface area contributed by atoms with Crippen LogP contribution in [0.2, 0.25) is 0 Å². The van der Waals surface area contributed by atoms with E-state index in [0.29, 0.717) is 5.82 Å². The van der Waals surface area contributed by atoms with Crippen molar-refractivity contribution >= 4 is 23.1 Å². The first kappa shape index (κ1) is 17.3. The zero-order valence-corrected chi connectivity index (χ0v) is 15.2. The second kappa shape index (κ2) is 7.13. The summed E-state index contributed by atoms with van der Waals surface area (Å²) < 4.78 is 0. The Labute approximate surface area is 149 Å². The largest absolute Gasteiger partial charge is 0.368 e. The van der Waals surface area contributed by atoms with E-state index in [1.807, 2.05) is 45.2 Å². The highest BCUT2D eigenvalue weighted by Gasteiger charge is 2.22. The van der Waals surface area contributed by atoms with E-state index in [4.69, 9.17) is 0 Å². The van der Waals surface area contributed by atoms with Gasteiger partial charge in [-0.2, -0.15) is 0 Å². The van der Waals surface area contributed by atoms with Crippen molar-refractivity contribution in [2.75, 3.05) is 41.3 Å². The number of aromatic nitrogens is 1. The maximum atomic E-state index is 12.0. The van der Waals surface area contributed by atoms with E-state index < -0.39 is 5.41 Å². The number of pyridine rings is 1. The number of nitrogens with zero attached hydrogens (tertiary/aromatic N) is 3. The van der Waals surface area contributed by atoms with Crippen molar-refractivity contribution < 1.29 is 4.79 Å². The molecule has 1 saturated heterocycles. The Morgan fingerprint density at radius 3 is 2.04 bits per heavy atom. The molecule has 1 aliphatic rings. The smallest absolute Gasteiger partial charge is 0.230 e. The van der Waals surface area contributed by atoms with Crippen LogP contribution in [-0.4, -0.2) is 37.1 Å². The number of nitrogens with one attached hydrogen (secondary N) is 1. The van der Waals surface area contributed by atoms with Crippen molar-refractivity contribution in [1.29, 1.82) is 0 Å². The normalized spacial score (nSPS) is 15.2. The number of hydrogen-bond donors (Lipinski definition) is 1. The fourth-order valence-electron chi connectivity index (χ4n) is 2.81. The Morgan fingerprint density at radius 1 is 0.920 bits per heavy atom. The monoisotopic (exact) mass is 338 g/mol. The maximum Gasteiger partial charge on any atom is 0.230 e. The maximum absolute atomic E-state index is 12.0. The minimum Gasteiger partial charge on any atom is -0.368 e. The molecule has 0 radical (unpaired) electrons. The molecule has 1 fully saturated rings. The minimum atomic E-state index is -0.423. The van der Waals surface area contributed by atoms with Gasteiger partial charge in [-0.3, -0.25) is 4.79 Å². The average Bonchev–Trinajstić information content (AvgIpc) is 2.62. The number of hydrogen-bond acceptors (Lipinski definition) is 4. The average molecular weight is 338 g/mol. The highest BCUT2D eigenvalue weighted by Crippen LogP contribution is 2.21. The number of rotatable bonds is 3. The standard InChI is InChI=1S/C20H26N4O/c1-20(2,3)19(25)22-18-10-9-17(15-21-18)24-13-11-23(12-14-24)16-7-5-4-6-8-16/h4-10,15H,11-14H2,1-3H3,(H,21,22,25). The van der Waals surface area contributed by atoms with Crippen molar-refractivity contribution in [2.24, 2.45) is 5.41 Å². The van der Waals surface area contributed by atoms with Crippen LogP contribution in [0.1, 0.15) is 20.8 Å². The Hall–Kier alpha value is -2.56. The van der Waals surface area contributed by atoms with E-state index in [2.05, 4.69) is 44.4 Å². The molecule has 1 aliphatic heterocycles. The molecule has 5 nitrogen and oxygen atoms in total. The topological polar surface area (TPSA) is 48.5 Å². The third-order valence-corrected chi connectivity index (χ3v) is 4.44. The first-order valence-corrected chi connectivity index (χ1v) is 8.76. The molecule has 25 heavy (non-hydrogen) atoms. The minimum absolute atomic E-state index is 0.0239. The summed E-state index contributed by atoms with van der Waals surface area (Å²) in [6.45, 7) is 9.59. The molecule has 0 spiro atoms. The second-order valence-corrected chi connectivity index (χ2v) is 7.42. The van der Waals surface area contributed by atoms with Gasteiger partial charge in [-0.05, 0) is 24.3 Å². The first-order valence-electron chi connectivity index (χ1n) is 8.76. The van der Waals surface area contributed by atoms with E-state index >= 15 is 0 Å². The number of anilines is 3. The number of para-hydroxylation sites is 1. The van der Waals surface area contributed by atoms with Crippen LogP contribution < -0.4 is 15.1 Å². The highest BCUT2D eigenvalue weighted by molar-refractivity contribution is 5.93. The number of carbonyl (C=O) groups excluding carboxylic acids is 1. The number of amides is 1. The van der Waals surface area contributed by atoms with Crippen molar-refractivity contribution in [3.05, 3.63) is 48.7 Å². The Kier molecular flexibility index (Phi) is 4.93. The van der Waals surface area contributed by atoms with Crippen LogP contribution in [0.15, 0.2) is 48.7 Å². The van der Waals surface area contributed by atoms with E-state index in [-0.39, 0.29) is 5.91 Å². The molecule has 2 aromatic rings. The van der Waals surface area contributed by atoms with Gasteiger partial charge in [-0.1, -0.05) is 39.0 Å². The molecule has 1 N–H and O–H groups in total. The van der Waals surface area contributed by atoms with Crippen molar-refractivity contribution in [1.82, 2.24) is 4.98 Å². The van der Waals surface area contributed by atoms with Crippen molar-refractivity contribution in [3.63, 3.8) is 0 Å². The van der Waals surface area contributed by atoms with Gasteiger partial charge in [0.25, 0.3) is 0 Å². The Bertz CT molecular complexity index is 699. The van der Waals surface area contributed by atoms with Gasteiger partial charge in [0.2, 0.25) is 5.91 Å². The zero-order chi connectivity index (χ0) is 17.9. The third kappa shape index (κ3) is 4.29. The Balaban J connectivity index is 1.58. The van der Waals surface area contributed by atoms with Gasteiger partial charge in [0, 0.05) is 37.3 Å². The van der Waals surface area contributed by atoms with Crippen LogP contribution >= 0.6 is 0 Å². The van der Waals surface area contributed by atoms with Gasteiger partial charge < -0.3 is 15.1 Å². The predicted octanol–water partition coefficient (Wildman–Crippen LogP) is 3.39. The lowest BCUT2D eigenvalue weighted by atomic mass is 9.96. The first-order chi connectivity index (χ1) is 11.9. The van der Waals surface area contributed by atoms with E-state index in [9.17, 15) is 4.79 Å². The summed E-state index contributed by atoms with van der Waals surface area (Å²) in [5, 5.41) is 2.86. The van der Waals surface area contributed by atoms with Crippen LogP contribution in [0.25, 0.3) is 0 Å². The molecule has 0 atom stereocenters. The van der Waals surface area contributed by atoms with Crippen molar-refractivity contribution in [3.8, 4) is 0 Å². The summed E-state index contributed by atoms with van der Waals surface area (Å²) in [7, 11) is 0. The quantitative estimate of drug-likeness (QED) is 0.932. The number of carbonyl (C=O) groups is 1. The summed E-state index contributed by atoms with van der Waals surface area (Å²) in [4.78, 5) is 21.2. The van der Waals surface area contributed by atoms with E-state index in [1.54, 1.807) is 0 Å². The molecule has 5 heteroatoms. The molecule has 0 aliphatic carbocycles. The van der Waals surface area contributed by atoms with Gasteiger partial charge in [0.05, 0.1) is 11.9 Å². The Morgan fingerprint density at radius 2 is 1.52 bits per heavy atom. The lowest BCUT2D eigenvalue weighted by Crippen LogP contribution is -2.46. The molecule has 1 aromatic heterocycles. The van der Waals surface area contributed by atoms with Crippen LogP contribution in [0.3, 0.4) is 0 Å². The summed E-state index contributed by atoms with van der Waals surface area (Å²) >= 11 is 0. The van der Waals surface area contributed by atoms with Gasteiger partial charge in [-0.15, -0.1) is 0 Å². The molecule has 3 rings (SSSR count). The second-order valence-electron chi connectivity index (χ2n) is 7.42. The van der Waals surface area contributed by atoms with Gasteiger partial charge in [0.1, 0.15) is 5.82 Å². The molecule has 2 heterocycles. The highest BCUT2D eigenvalue weighted by atomic mass is 16.2. The molecular weight excluding hydrogens is 312 g/mol. The molecule has 1 aromatic carbocycles. The predicted molar refractivity (Wildman–Crippen MR) is 103 cm³/mol. The molecule has 0 bridgehead atoms. The van der Waals surface area contributed by atoms with Gasteiger partial charge in [-0.25, -0.2) is 4.98 Å². The van der Waals surface area contributed by atoms with E-state index in [0.717, 1.165) is 31.9 Å².